The molecule has 5 heteroatoms. The summed E-state index contributed by atoms with van der Waals surface area (Å²) in [7, 11) is 0. The molecule has 0 aliphatic heterocycles. The van der Waals surface area contributed by atoms with Crippen molar-refractivity contribution in [1.29, 1.82) is 0 Å². The van der Waals surface area contributed by atoms with E-state index in [4.69, 9.17) is 4.74 Å². The van der Waals surface area contributed by atoms with Crippen LogP contribution >= 0.6 is 0 Å². The van der Waals surface area contributed by atoms with Crippen molar-refractivity contribution in [3.05, 3.63) is 65.7 Å². The summed E-state index contributed by atoms with van der Waals surface area (Å²) in [5.74, 6) is -0.365. The van der Waals surface area contributed by atoms with Crippen molar-refractivity contribution < 1.29 is 9.53 Å². The lowest BCUT2D eigenvalue weighted by atomic mass is 10.2. The van der Waals surface area contributed by atoms with Gasteiger partial charge >= 0.3 is 5.97 Å². The molecule has 0 unspecified atom stereocenters. The first-order valence-corrected chi connectivity index (χ1v) is 7.50. The van der Waals surface area contributed by atoms with Crippen molar-refractivity contribution in [2.75, 3.05) is 6.61 Å². The lowest BCUT2D eigenvalue weighted by Gasteiger charge is -2.02. The van der Waals surface area contributed by atoms with Crippen molar-refractivity contribution in [2.45, 2.75) is 13.5 Å². The van der Waals surface area contributed by atoms with Crippen LogP contribution in [0.2, 0.25) is 0 Å². The average molecular weight is 307 g/mol. The van der Waals surface area contributed by atoms with Gasteiger partial charge in [-0.05, 0) is 36.8 Å². The number of benzene rings is 2. The van der Waals surface area contributed by atoms with Gasteiger partial charge in [0, 0.05) is 6.54 Å². The number of nitrogens with zero attached hydrogens (tertiary/aromatic N) is 3. The van der Waals surface area contributed by atoms with E-state index >= 15 is 0 Å². The Morgan fingerprint density at radius 1 is 1.22 bits per heavy atom. The number of fused-ring (bicyclic) bond motifs is 1. The molecular formula is C18H17N3O2. The highest BCUT2D eigenvalue weighted by Crippen LogP contribution is 2.14. The highest BCUT2D eigenvalue weighted by molar-refractivity contribution is 5.93. The third kappa shape index (κ3) is 3.45. The second-order valence-electron chi connectivity index (χ2n) is 5.02. The zero-order valence-electron chi connectivity index (χ0n) is 12.8. The van der Waals surface area contributed by atoms with Gasteiger partial charge in [0.25, 0.3) is 0 Å². The third-order valence-corrected chi connectivity index (χ3v) is 3.47. The topological polar surface area (TPSA) is 57.0 Å². The Hall–Kier alpha value is -2.95. The molecule has 1 heterocycles. The first-order valence-electron chi connectivity index (χ1n) is 7.50. The van der Waals surface area contributed by atoms with E-state index in [1.54, 1.807) is 16.8 Å². The van der Waals surface area contributed by atoms with E-state index in [0.29, 0.717) is 11.1 Å². The van der Waals surface area contributed by atoms with Gasteiger partial charge in [0.15, 0.2) is 0 Å². The van der Waals surface area contributed by atoms with Gasteiger partial charge < -0.3 is 4.74 Å². The Morgan fingerprint density at radius 2 is 2.04 bits per heavy atom. The Morgan fingerprint density at radius 3 is 2.83 bits per heavy atom. The van der Waals surface area contributed by atoms with Gasteiger partial charge in [0.2, 0.25) is 0 Å². The summed E-state index contributed by atoms with van der Waals surface area (Å²) in [6.45, 7) is 2.97. The molecule has 2 aromatic carbocycles. The maximum absolute atomic E-state index is 12.1. The van der Waals surface area contributed by atoms with Crippen LogP contribution < -0.4 is 0 Å². The standard InChI is InChI=1S/C18H17N3O2/c1-2-21-17-11-10-15(13-16(17)19-20-21)18(22)23-12-6-9-14-7-4-3-5-8-14/h3-11,13H,2,12H2,1H3. The SMILES string of the molecule is CCn1nnc2cc(C(=O)OCC=Cc3ccccc3)ccc21. The van der Waals surface area contributed by atoms with E-state index in [-0.39, 0.29) is 12.6 Å². The molecule has 1 aromatic heterocycles. The first kappa shape index (κ1) is 15.0. The quantitative estimate of drug-likeness (QED) is 0.678. The Balaban J connectivity index is 1.63. The normalized spacial score (nSPS) is 11.2. The minimum absolute atomic E-state index is 0.230. The third-order valence-electron chi connectivity index (χ3n) is 3.47. The Kier molecular flexibility index (Phi) is 4.47. The summed E-state index contributed by atoms with van der Waals surface area (Å²) in [4.78, 5) is 12.1. The highest BCUT2D eigenvalue weighted by atomic mass is 16.5. The van der Waals surface area contributed by atoms with Gasteiger partial charge in [-0.15, -0.1) is 5.10 Å². The van der Waals surface area contributed by atoms with Gasteiger partial charge in [-0.2, -0.15) is 0 Å². The molecule has 0 saturated carbocycles. The van der Waals surface area contributed by atoms with Crippen LogP contribution in [0.5, 0.6) is 0 Å². The van der Waals surface area contributed by atoms with E-state index < -0.39 is 0 Å². The molecule has 3 rings (SSSR count). The van der Waals surface area contributed by atoms with E-state index in [1.807, 2.05) is 55.5 Å². The zero-order valence-corrected chi connectivity index (χ0v) is 12.8. The molecule has 0 fully saturated rings. The molecule has 0 spiro atoms. The number of hydrogen-bond donors (Lipinski definition) is 0. The number of aryl methyl sites for hydroxylation is 1. The fraction of sp³-hybridized carbons (Fsp3) is 0.167. The van der Waals surface area contributed by atoms with Gasteiger partial charge in [-0.1, -0.05) is 41.6 Å². The summed E-state index contributed by atoms with van der Waals surface area (Å²) < 4.78 is 7.04. The van der Waals surface area contributed by atoms with Crippen LogP contribution in [0, 0.1) is 0 Å². The Bertz CT molecular complexity index is 838. The second kappa shape index (κ2) is 6.87. The van der Waals surface area contributed by atoms with Gasteiger partial charge in [-0.25, -0.2) is 9.48 Å². The number of rotatable bonds is 5. The predicted octanol–water partition coefficient (Wildman–Crippen LogP) is 3.32. The van der Waals surface area contributed by atoms with Crippen molar-refractivity contribution in [3.8, 4) is 0 Å². The first-order chi connectivity index (χ1) is 11.3. The number of carbonyl (C=O) groups is 1. The number of ether oxygens (including phenoxy) is 1. The largest absolute Gasteiger partial charge is 0.458 e. The molecule has 116 valence electrons. The van der Waals surface area contributed by atoms with Crippen LogP contribution in [0.1, 0.15) is 22.8 Å². The maximum Gasteiger partial charge on any atom is 0.338 e. The minimum atomic E-state index is -0.365. The summed E-state index contributed by atoms with van der Waals surface area (Å²) in [5, 5.41) is 8.09. The summed E-state index contributed by atoms with van der Waals surface area (Å²) in [5.41, 5.74) is 3.16. The number of esters is 1. The van der Waals surface area contributed by atoms with E-state index in [0.717, 1.165) is 17.6 Å². The molecule has 0 amide bonds. The second-order valence-corrected chi connectivity index (χ2v) is 5.02. The molecule has 0 radical (unpaired) electrons. The van der Waals surface area contributed by atoms with Crippen molar-refractivity contribution in [3.63, 3.8) is 0 Å². The lowest BCUT2D eigenvalue weighted by Crippen LogP contribution is -2.05. The fourth-order valence-electron chi connectivity index (χ4n) is 2.29. The molecule has 0 N–H and O–H groups in total. The van der Waals surface area contributed by atoms with E-state index in [9.17, 15) is 4.79 Å². The van der Waals surface area contributed by atoms with Gasteiger partial charge in [0.1, 0.15) is 12.1 Å². The van der Waals surface area contributed by atoms with Crippen molar-refractivity contribution >= 4 is 23.1 Å². The molecule has 0 saturated heterocycles. The molecule has 5 nitrogen and oxygen atoms in total. The number of aromatic nitrogens is 3. The molecule has 0 aliphatic carbocycles. The molecule has 0 bridgehead atoms. The molecular weight excluding hydrogens is 290 g/mol. The summed E-state index contributed by atoms with van der Waals surface area (Å²) in [6.07, 6.45) is 3.74. The van der Waals surface area contributed by atoms with Gasteiger partial charge in [-0.3, -0.25) is 0 Å². The van der Waals surface area contributed by atoms with E-state index in [1.165, 1.54) is 0 Å². The minimum Gasteiger partial charge on any atom is -0.458 e. The predicted molar refractivity (Wildman–Crippen MR) is 89.0 cm³/mol. The van der Waals surface area contributed by atoms with Crippen LogP contribution in [0.15, 0.2) is 54.6 Å². The summed E-state index contributed by atoms with van der Waals surface area (Å²) >= 11 is 0. The molecule has 0 aliphatic rings. The zero-order chi connectivity index (χ0) is 16.1. The van der Waals surface area contributed by atoms with Crippen LogP contribution in [0.25, 0.3) is 17.1 Å². The highest BCUT2D eigenvalue weighted by Gasteiger charge is 2.10. The number of carbonyl (C=O) groups excluding carboxylic acids is 1. The van der Waals surface area contributed by atoms with Gasteiger partial charge in [0.05, 0.1) is 11.1 Å². The lowest BCUT2D eigenvalue weighted by molar-refractivity contribution is 0.0550. The van der Waals surface area contributed by atoms with Crippen LogP contribution in [-0.4, -0.2) is 27.6 Å². The van der Waals surface area contributed by atoms with Crippen LogP contribution in [0.3, 0.4) is 0 Å². The number of hydrogen-bond acceptors (Lipinski definition) is 4. The van der Waals surface area contributed by atoms with Crippen LogP contribution in [-0.2, 0) is 11.3 Å². The summed E-state index contributed by atoms with van der Waals surface area (Å²) in [6, 6.07) is 15.2. The maximum atomic E-state index is 12.1. The van der Waals surface area contributed by atoms with Crippen molar-refractivity contribution in [2.24, 2.45) is 0 Å². The van der Waals surface area contributed by atoms with Crippen molar-refractivity contribution in [1.82, 2.24) is 15.0 Å². The smallest absolute Gasteiger partial charge is 0.338 e. The monoisotopic (exact) mass is 307 g/mol. The van der Waals surface area contributed by atoms with Crippen LogP contribution in [0.4, 0.5) is 0 Å². The Labute approximate surface area is 134 Å². The average Bonchev–Trinajstić information content (AvgIpc) is 3.01. The van der Waals surface area contributed by atoms with E-state index in [2.05, 4.69) is 10.3 Å². The molecule has 0 atom stereocenters. The molecule has 3 aromatic rings. The fourth-order valence-corrected chi connectivity index (χ4v) is 2.29. The molecule has 23 heavy (non-hydrogen) atoms.